The summed E-state index contributed by atoms with van der Waals surface area (Å²) in [5.41, 5.74) is 1.27. The van der Waals surface area contributed by atoms with Crippen molar-refractivity contribution in [3.63, 3.8) is 0 Å². The first-order valence-corrected chi connectivity index (χ1v) is 5.82. The van der Waals surface area contributed by atoms with Gasteiger partial charge in [0.2, 0.25) is 0 Å². The average Bonchev–Trinajstić information content (AvgIpc) is 2.73. The predicted molar refractivity (Wildman–Crippen MR) is 63.1 cm³/mol. The summed E-state index contributed by atoms with van der Waals surface area (Å²) in [5.74, 6) is 0.424. The number of fused-ring (bicyclic) bond motifs is 1. The van der Waals surface area contributed by atoms with Gasteiger partial charge in [0.25, 0.3) is 0 Å². The van der Waals surface area contributed by atoms with Crippen LogP contribution < -0.4 is 5.32 Å². The smallest absolute Gasteiger partial charge is 0.123 e. The quantitative estimate of drug-likeness (QED) is 0.756. The molecule has 1 aliphatic heterocycles. The standard InChI is InChI=1S/C13H15FN2/c14-11-1-2-12-10(7-11)8-16-13(12)9-3-5-15-6-4-9/h1-2,7-9,15-16H,3-6H2. The molecule has 0 radical (unpaired) electrons. The Morgan fingerprint density at radius 1 is 1.19 bits per heavy atom. The van der Waals surface area contributed by atoms with Crippen LogP contribution in [0.25, 0.3) is 10.8 Å². The van der Waals surface area contributed by atoms with Gasteiger partial charge < -0.3 is 10.3 Å². The highest BCUT2D eigenvalue weighted by Crippen LogP contribution is 2.30. The van der Waals surface area contributed by atoms with Gasteiger partial charge in [-0.2, -0.15) is 0 Å². The zero-order valence-electron chi connectivity index (χ0n) is 9.09. The van der Waals surface area contributed by atoms with Crippen LogP contribution in [-0.4, -0.2) is 18.1 Å². The molecular formula is C13H15FN2. The molecule has 1 aromatic heterocycles. The van der Waals surface area contributed by atoms with E-state index in [2.05, 4.69) is 10.3 Å². The number of hydrogen-bond acceptors (Lipinski definition) is 1. The Labute approximate surface area is 93.9 Å². The molecule has 2 nitrogen and oxygen atoms in total. The molecule has 2 heterocycles. The van der Waals surface area contributed by atoms with Crippen LogP contribution in [0.2, 0.25) is 0 Å². The molecule has 0 amide bonds. The van der Waals surface area contributed by atoms with E-state index >= 15 is 0 Å². The van der Waals surface area contributed by atoms with Gasteiger partial charge in [-0.25, -0.2) is 4.39 Å². The Kier molecular flexibility index (Phi) is 2.40. The summed E-state index contributed by atoms with van der Waals surface area (Å²) in [6.07, 6.45) is 4.23. The molecule has 1 aliphatic rings. The zero-order valence-corrected chi connectivity index (χ0v) is 9.09. The van der Waals surface area contributed by atoms with Gasteiger partial charge >= 0.3 is 0 Å². The van der Waals surface area contributed by atoms with Crippen LogP contribution in [0.3, 0.4) is 0 Å². The monoisotopic (exact) mass is 218 g/mol. The van der Waals surface area contributed by atoms with E-state index in [0.717, 1.165) is 31.3 Å². The second-order valence-corrected chi connectivity index (χ2v) is 4.46. The van der Waals surface area contributed by atoms with Crippen molar-refractivity contribution in [2.45, 2.75) is 18.8 Å². The summed E-state index contributed by atoms with van der Waals surface area (Å²) >= 11 is 0. The van der Waals surface area contributed by atoms with Crippen molar-refractivity contribution in [1.82, 2.24) is 10.3 Å². The number of aromatic amines is 1. The highest BCUT2D eigenvalue weighted by molar-refractivity contribution is 5.85. The van der Waals surface area contributed by atoms with E-state index in [-0.39, 0.29) is 5.82 Å². The molecule has 0 saturated carbocycles. The first kappa shape index (κ1) is 9.85. The van der Waals surface area contributed by atoms with Gasteiger partial charge in [-0.1, -0.05) is 0 Å². The zero-order chi connectivity index (χ0) is 11.0. The highest BCUT2D eigenvalue weighted by atomic mass is 19.1. The molecule has 2 aromatic rings. The highest BCUT2D eigenvalue weighted by Gasteiger charge is 2.18. The summed E-state index contributed by atoms with van der Waals surface area (Å²) in [6.45, 7) is 2.15. The fourth-order valence-corrected chi connectivity index (χ4v) is 2.58. The van der Waals surface area contributed by atoms with Gasteiger partial charge in [0.05, 0.1) is 0 Å². The Bertz CT molecular complexity index is 498. The normalized spacial score (nSPS) is 18.1. The molecule has 1 aromatic carbocycles. The summed E-state index contributed by atoms with van der Waals surface area (Å²) in [7, 11) is 0. The number of halogens is 1. The van der Waals surface area contributed by atoms with Crippen molar-refractivity contribution in [3.05, 3.63) is 35.9 Å². The number of aromatic nitrogens is 1. The molecule has 0 bridgehead atoms. The van der Waals surface area contributed by atoms with Gasteiger partial charge in [-0.15, -0.1) is 0 Å². The van der Waals surface area contributed by atoms with E-state index in [4.69, 9.17) is 0 Å². The minimum atomic E-state index is -0.164. The molecular weight excluding hydrogens is 203 g/mol. The molecule has 1 fully saturated rings. The maximum atomic E-state index is 13.1. The molecule has 0 spiro atoms. The minimum absolute atomic E-state index is 0.164. The molecule has 3 rings (SSSR count). The van der Waals surface area contributed by atoms with Gasteiger partial charge in [-0.3, -0.25) is 0 Å². The SMILES string of the molecule is Fc1ccc2c(C3CCNCC3)[nH]cc2c1. The Morgan fingerprint density at radius 3 is 2.81 bits per heavy atom. The summed E-state index contributed by atoms with van der Waals surface area (Å²) in [4.78, 5) is 3.32. The molecule has 0 atom stereocenters. The van der Waals surface area contributed by atoms with Gasteiger partial charge in [0.1, 0.15) is 5.82 Å². The van der Waals surface area contributed by atoms with Crippen LogP contribution >= 0.6 is 0 Å². The first-order valence-electron chi connectivity index (χ1n) is 5.82. The van der Waals surface area contributed by atoms with Crippen LogP contribution in [0, 0.1) is 5.82 Å². The maximum absolute atomic E-state index is 13.1. The Morgan fingerprint density at radius 2 is 2.00 bits per heavy atom. The van der Waals surface area contributed by atoms with E-state index in [9.17, 15) is 4.39 Å². The molecule has 2 N–H and O–H groups in total. The van der Waals surface area contributed by atoms with Crippen molar-refractivity contribution in [2.75, 3.05) is 13.1 Å². The number of benzene rings is 1. The van der Waals surface area contributed by atoms with Crippen LogP contribution in [0.5, 0.6) is 0 Å². The molecule has 0 unspecified atom stereocenters. The second kappa shape index (κ2) is 3.91. The molecule has 0 aliphatic carbocycles. The molecule has 1 saturated heterocycles. The number of H-pyrrole nitrogens is 1. The minimum Gasteiger partial charge on any atom is -0.364 e. The third-order valence-corrected chi connectivity index (χ3v) is 3.43. The lowest BCUT2D eigenvalue weighted by Gasteiger charge is -2.22. The van der Waals surface area contributed by atoms with E-state index in [1.165, 1.54) is 11.1 Å². The number of hydrogen-bond donors (Lipinski definition) is 2. The van der Waals surface area contributed by atoms with Crippen molar-refractivity contribution in [1.29, 1.82) is 0 Å². The molecule has 3 heteroatoms. The van der Waals surface area contributed by atoms with E-state index in [1.54, 1.807) is 12.1 Å². The second-order valence-electron chi connectivity index (χ2n) is 4.46. The topological polar surface area (TPSA) is 27.8 Å². The van der Waals surface area contributed by atoms with Crippen molar-refractivity contribution in [2.24, 2.45) is 0 Å². The third-order valence-electron chi connectivity index (χ3n) is 3.43. The first-order chi connectivity index (χ1) is 7.84. The van der Waals surface area contributed by atoms with Gasteiger partial charge in [0, 0.05) is 28.6 Å². The van der Waals surface area contributed by atoms with Crippen LogP contribution in [0.4, 0.5) is 4.39 Å². The van der Waals surface area contributed by atoms with Crippen molar-refractivity contribution >= 4 is 10.8 Å². The number of nitrogens with one attached hydrogen (secondary N) is 2. The summed E-state index contributed by atoms with van der Waals surface area (Å²) in [6, 6.07) is 5.02. The number of rotatable bonds is 1. The fraction of sp³-hybridized carbons (Fsp3) is 0.385. The maximum Gasteiger partial charge on any atom is 0.123 e. The average molecular weight is 218 g/mol. The van der Waals surface area contributed by atoms with Crippen LogP contribution in [0.15, 0.2) is 24.4 Å². The van der Waals surface area contributed by atoms with Crippen molar-refractivity contribution in [3.8, 4) is 0 Å². The lowest BCUT2D eigenvalue weighted by Crippen LogP contribution is -2.26. The Hall–Kier alpha value is -1.35. The third kappa shape index (κ3) is 1.61. The van der Waals surface area contributed by atoms with Gasteiger partial charge in [0.15, 0.2) is 0 Å². The van der Waals surface area contributed by atoms with Gasteiger partial charge in [-0.05, 0) is 44.1 Å². The van der Waals surface area contributed by atoms with Crippen molar-refractivity contribution < 1.29 is 4.39 Å². The summed E-state index contributed by atoms with van der Waals surface area (Å²) in [5, 5.41) is 5.51. The van der Waals surface area contributed by atoms with E-state index in [1.807, 2.05) is 12.3 Å². The van der Waals surface area contributed by atoms with E-state index in [0.29, 0.717) is 5.92 Å². The molecule has 84 valence electrons. The van der Waals surface area contributed by atoms with E-state index < -0.39 is 0 Å². The Balaban J connectivity index is 2.03. The fourth-order valence-electron chi connectivity index (χ4n) is 2.58. The lowest BCUT2D eigenvalue weighted by atomic mass is 9.92. The predicted octanol–water partition coefficient (Wildman–Crippen LogP) is 2.77. The van der Waals surface area contributed by atoms with Crippen LogP contribution in [0.1, 0.15) is 24.5 Å². The number of piperidine rings is 1. The van der Waals surface area contributed by atoms with Crippen LogP contribution in [-0.2, 0) is 0 Å². The lowest BCUT2D eigenvalue weighted by molar-refractivity contribution is 0.456. The summed E-state index contributed by atoms with van der Waals surface area (Å²) < 4.78 is 13.1. The largest absolute Gasteiger partial charge is 0.364 e. The molecule has 16 heavy (non-hydrogen) atoms.